The standard InChI is InChI=1S/C30H48O8.C28H46O8.C2H.BrH.Mg/c1-8-22(31)20-10-12-30(37-18-34-7)21-9-11-28(32)14-19(2)13-24-29(28,16-36-26(3,4)38-24)25(21)23(35-17-33-6)15-27(20,30)5;1-18-11-22-27(15-34-24(2,3)36-22)23-20(8-9-26(27,30)12-18)28(35-17-32-6)10-7-19(14-29)25(28,4)13-21(23)33-16-31-5;1-2;;/h1,19-25,31-32H,9-18H2,2-7H3;14,18-23,30H,7-13,15-17H2,1-6H3;1H;1H;/q;;-1;;+2/p-1/t19-,20+,21?,22?,23+,24+,25?,27+,28-,29+,30-;18-,19+,20?,21+,22+,23?,25+,26-,27+,28-;;;/m00.../s1. The average molecular weight is 1180 g/mol. The van der Waals surface area contributed by atoms with Crippen LogP contribution in [0.3, 0.4) is 0 Å². The summed E-state index contributed by atoms with van der Waals surface area (Å²) >= 11 is 0. The molecular weight excluding hydrogens is 1080 g/mol. The van der Waals surface area contributed by atoms with Gasteiger partial charge in [-0.2, -0.15) is 0 Å². The van der Waals surface area contributed by atoms with Crippen LogP contribution in [0.1, 0.15) is 145 Å². The Bertz CT molecular complexity index is 2100. The monoisotopic (exact) mass is 1170 g/mol. The smallest absolute Gasteiger partial charge is 1.00 e. The van der Waals surface area contributed by atoms with E-state index in [2.05, 4.69) is 40.0 Å². The van der Waals surface area contributed by atoms with Gasteiger partial charge in [0.2, 0.25) is 0 Å². The van der Waals surface area contributed by atoms with E-state index in [4.69, 9.17) is 69.7 Å². The third kappa shape index (κ3) is 10.3. The van der Waals surface area contributed by atoms with Gasteiger partial charge in [0, 0.05) is 62.9 Å². The molecule has 0 aromatic heterocycles. The molecule has 0 aromatic rings. The van der Waals surface area contributed by atoms with Crippen LogP contribution in [-0.4, -0.2) is 178 Å². The van der Waals surface area contributed by atoms with E-state index >= 15 is 0 Å². The topological polar surface area (TPSA) is 189 Å². The van der Waals surface area contributed by atoms with Gasteiger partial charge < -0.3 is 107 Å². The van der Waals surface area contributed by atoms with E-state index in [0.717, 1.165) is 64.1 Å². The fourth-order valence-corrected chi connectivity index (χ4v) is 19.6. The van der Waals surface area contributed by atoms with Gasteiger partial charge >= 0.3 is 23.1 Å². The Labute approximate surface area is 493 Å². The number of fused-ring (bicyclic) bond motifs is 6. The molecule has 8 aliphatic carbocycles. The number of hydrogen-bond donors (Lipinski definition) is 3. The fraction of sp³-hybridized carbons (Fsp3) is 0.917. The summed E-state index contributed by atoms with van der Waals surface area (Å²) in [5.74, 6) is 1.47. The van der Waals surface area contributed by atoms with Gasteiger partial charge in [-0.15, -0.1) is 6.42 Å². The molecule has 0 bridgehead atoms. The molecule has 0 amide bonds. The summed E-state index contributed by atoms with van der Waals surface area (Å²) in [5, 5.41) is 36.1. The number of hydrogen-bond acceptors (Lipinski definition) is 16. The van der Waals surface area contributed by atoms with Crippen LogP contribution in [0.2, 0.25) is 0 Å². The summed E-state index contributed by atoms with van der Waals surface area (Å²) in [6, 6.07) is 0. The molecule has 5 unspecified atom stereocenters. The number of carbonyl (C=O) groups excluding carboxylic acids is 1. The minimum absolute atomic E-state index is 0. The normalized spacial score (nSPS) is 48.3. The van der Waals surface area contributed by atoms with Crippen LogP contribution in [0.5, 0.6) is 0 Å². The Balaban J connectivity index is 0.000000239. The summed E-state index contributed by atoms with van der Waals surface area (Å²) in [6.07, 6.45) is 24.5. The molecule has 2 spiro atoms. The number of aliphatic hydroxyl groups is 3. The number of aliphatic hydroxyl groups excluding tert-OH is 1. The third-order valence-corrected chi connectivity index (χ3v) is 22.3. The fourth-order valence-electron chi connectivity index (χ4n) is 19.6. The van der Waals surface area contributed by atoms with Crippen molar-refractivity contribution in [2.75, 3.05) is 68.8 Å². The Hall–Kier alpha value is -0.564. The summed E-state index contributed by atoms with van der Waals surface area (Å²) < 4.78 is 74.5. The van der Waals surface area contributed by atoms with Gasteiger partial charge in [0.15, 0.2) is 11.6 Å². The molecule has 10 fully saturated rings. The van der Waals surface area contributed by atoms with Gasteiger partial charge in [0.25, 0.3) is 0 Å². The predicted molar refractivity (Wildman–Crippen MR) is 284 cm³/mol. The summed E-state index contributed by atoms with van der Waals surface area (Å²) in [4.78, 5) is 12.3. The number of carbonyl (C=O) groups is 1. The van der Waals surface area contributed by atoms with Crippen molar-refractivity contribution >= 4 is 29.3 Å². The molecule has 16 nitrogen and oxygen atoms in total. The van der Waals surface area contributed by atoms with E-state index in [9.17, 15) is 20.1 Å². The first-order chi connectivity index (χ1) is 36.0. The van der Waals surface area contributed by atoms with E-state index in [0.29, 0.717) is 57.2 Å². The largest absolute Gasteiger partial charge is 2.00 e. The van der Waals surface area contributed by atoms with E-state index in [1.54, 1.807) is 28.4 Å². The van der Waals surface area contributed by atoms with Gasteiger partial charge in [-0.05, 0) is 141 Å². The molecule has 2 aliphatic heterocycles. The van der Waals surface area contributed by atoms with Crippen molar-refractivity contribution in [1.29, 1.82) is 0 Å². The van der Waals surface area contributed by atoms with Crippen LogP contribution >= 0.6 is 0 Å². The summed E-state index contributed by atoms with van der Waals surface area (Å²) in [6.45, 7) is 18.1. The minimum Gasteiger partial charge on any atom is -1.00 e. The van der Waals surface area contributed by atoms with Crippen LogP contribution in [0.15, 0.2) is 0 Å². The minimum atomic E-state index is -0.950. The maximum absolute atomic E-state index is 12.6. The second-order valence-corrected chi connectivity index (χ2v) is 26.6. The molecule has 78 heavy (non-hydrogen) atoms. The maximum Gasteiger partial charge on any atom is 2.00 e. The molecular formula is C60H95BrMgO16. The maximum atomic E-state index is 12.6. The quantitative estimate of drug-likeness (QED) is 0.0745. The Kier molecular flexibility index (Phi) is 21.2. The van der Waals surface area contributed by atoms with Crippen molar-refractivity contribution in [1.82, 2.24) is 0 Å². The van der Waals surface area contributed by atoms with Crippen LogP contribution in [0.4, 0.5) is 0 Å². The summed E-state index contributed by atoms with van der Waals surface area (Å²) in [7, 11) is 6.55. The third-order valence-electron chi connectivity index (χ3n) is 22.3. The van der Waals surface area contributed by atoms with E-state index in [-0.39, 0.29) is 127 Å². The molecule has 10 rings (SSSR count). The number of terminal acetylenes is 2. The number of methoxy groups -OCH3 is 4. The number of aldehydes is 1. The van der Waals surface area contributed by atoms with Crippen molar-refractivity contribution in [2.24, 2.45) is 69.0 Å². The molecule has 18 heteroatoms. The van der Waals surface area contributed by atoms with Gasteiger partial charge in [-0.3, -0.25) is 0 Å². The molecule has 8 saturated carbocycles. The van der Waals surface area contributed by atoms with Gasteiger partial charge in [0.1, 0.15) is 39.6 Å². The van der Waals surface area contributed by atoms with Crippen molar-refractivity contribution in [3.05, 3.63) is 6.42 Å². The second-order valence-electron chi connectivity index (χ2n) is 26.6. The molecule has 2 heterocycles. The molecule has 0 aromatic carbocycles. The Morgan fingerprint density at radius 2 is 1.05 bits per heavy atom. The predicted octanol–water partition coefficient (Wildman–Crippen LogP) is 3.98. The van der Waals surface area contributed by atoms with Gasteiger partial charge in [0.05, 0.1) is 70.9 Å². The first kappa shape index (κ1) is 66.6. The molecule has 21 atom stereocenters. The zero-order chi connectivity index (χ0) is 55.5. The first-order valence-electron chi connectivity index (χ1n) is 28.4. The molecule has 2 saturated heterocycles. The SMILES string of the molecule is C#CC(O)[C@H]1CC[C@]2(OCOC)C3CC[C@]4(O)C[C@@H](C)C[C@H]5OC(C)(C)OC[C@]54C3[C@H](OCOC)C[C@]12C.COCO[C@@H]1C[C@]2(C)[C@@H](C=O)CC[C@]2(OCOC)C2CC[C@]3(O)C[C@@H](C)C[C@H]4OC(C)(C)OC[C@]43C21.[Br-].[C-]#C.[Mg+2]. The Morgan fingerprint density at radius 1 is 0.641 bits per heavy atom. The number of ether oxygens (including phenoxy) is 12. The zero-order valence-corrected chi connectivity index (χ0v) is 52.1. The van der Waals surface area contributed by atoms with Crippen molar-refractivity contribution in [3.8, 4) is 18.8 Å². The molecule has 10 aliphatic rings. The summed E-state index contributed by atoms with van der Waals surface area (Å²) in [5.41, 5.74) is -5.20. The second kappa shape index (κ2) is 24.8. The van der Waals surface area contributed by atoms with E-state index in [1.807, 2.05) is 27.7 Å². The van der Waals surface area contributed by atoms with Crippen LogP contribution < -0.4 is 17.0 Å². The van der Waals surface area contributed by atoms with Crippen LogP contribution in [0, 0.1) is 94.2 Å². The van der Waals surface area contributed by atoms with E-state index in [1.165, 1.54) is 0 Å². The first-order valence-corrected chi connectivity index (χ1v) is 28.4. The van der Waals surface area contributed by atoms with Gasteiger partial charge in [-0.1, -0.05) is 33.6 Å². The molecule has 3 N–H and O–H groups in total. The number of rotatable bonds is 14. The van der Waals surface area contributed by atoms with E-state index < -0.39 is 61.7 Å². The van der Waals surface area contributed by atoms with Crippen molar-refractivity contribution in [2.45, 2.75) is 210 Å². The van der Waals surface area contributed by atoms with Gasteiger partial charge in [-0.25, -0.2) is 0 Å². The van der Waals surface area contributed by atoms with Crippen molar-refractivity contribution < 1.29 is 93.9 Å². The number of halogens is 1. The van der Waals surface area contributed by atoms with Crippen molar-refractivity contribution in [3.63, 3.8) is 0 Å². The average Bonchev–Trinajstić information content (AvgIpc) is 4.01. The molecule has 440 valence electrons. The van der Waals surface area contributed by atoms with Crippen LogP contribution in [-0.2, 0) is 61.6 Å². The zero-order valence-electron chi connectivity index (χ0n) is 49.1. The Morgan fingerprint density at radius 3 is 1.46 bits per heavy atom. The van der Waals surface area contributed by atoms with Crippen LogP contribution in [0.25, 0.3) is 0 Å². The molecule has 0 radical (unpaired) electrons.